The maximum Gasteiger partial charge on any atom is 0.323 e. The molecule has 11 heteroatoms. The second-order valence-corrected chi connectivity index (χ2v) is 12.8. The fraction of sp³-hybridized carbons (Fsp3) is 0. The van der Waals surface area contributed by atoms with Gasteiger partial charge in [-0.1, -0.05) is 0 Å². The highest BCUT2D eigenvalue weighted by Gasteiger charge is 2.12. The number of urea groups is 1. The molecule has 0 saturated heterocycles. The number of nitrogens with zero attached hydrogens (tertiary/aromatic N) is 4. The maximum atomic E-state index is 13.7. The molecule has 248 valence electrons. The number of rotatable bonds is 2. The normalized spacial score (nSPS) is 12.8. The second-order valence-electron chi connectivity index (χ2n) is 12.8. The topological polar surface area (TPSA) is 156 Å². The van der Waals surface area contributed by atoms with Crippen LogP contribution < -0.4 is 10.6 Å². The molecule has 16 bridgehead atoms. The van der Waals surface area contributed by atoms with Gasteiger partial charge in [0.25, 0.3) is 0 Å². The van der Waals surface area contributed by atoms with Gasteiger partial charge in [0.1, 0.15) is 0 Å². The predicted octanol–water partition coefficient (Wildman–Crippen LogP) is 9.27. The van der Waals surface area contributed by atoms with E-state index in [1.807, 2.05) is 134 Å². The summed E-state index contributed by atoms with van der Waals surface area (Å²) in [5.74, 6) is 0. The quantitative estimate of drug-likeness (QED) is 0.108. The summed E-state index contributed by atoms with van der Waals surface area (Å²) < 4.78 is 0. The molecule has 0 spiro atoms. The van der Waals surface area contributed by atoms with Gasteiger partial charge in [-0.2, -0.15) is 0 Å². The highest BCUT2D eigenvalue weighted by Crippen LogP contribution is 2.26. The number of carbonyl (C=O) groups excluding carboxylic acids is 1. The summed E-state index contributed by atoms with van der Waals surface area (Å²) in [5, 5.41) is 6.11. The zero-order valence-corrected chi connectivity index (χ0v) is 27.4. The van der Waals surface area contributed by atoms with Gasteiger partial charge in [0.2, 0.25) is 0 Å². The van der Waals surface area contributed by atoms with Gasteiger partial charge in [-0.25, -0.2) is 24.7 Å². The van der Waals surface area contributed by atoms with E-state index in [9.17, 15) is 4.79 Å². The Morgan fingerprint density at radius 3 is 0.981 bits per heavy atom. The van der Waals surface area contributed by atoms with Crippen LogP contribution in [0, 0.1) is 0 Å². The minimum atomic E-state index is -0.414. The third-order valence-electron chi connectivity index (χ3n) is 8.83. The van der Waals surface area contributed by atoms with E-state index in [0.717, 1.165) is 78.7 Å². The van der Waals surface area contributed by atoms with Gasteiger partial charge in [0, 0.05) is 33.1 Å². The summed E-state index contributed by atoms with van der Waals surface area (Å²) in [7, 11) is 0. The number of carbonyl (C=O) groups is 1. The Bertz CT molecular complexity index is 2750. The smallest absolute Gasteiger partial charge is 0.323 e. The Morgan fingerprint density at radius 1 is 0.365 bits per heavy atom. The van der Waals surface area contributed by atoms with Crippen LogP contribution in [0.2, 0.25) is 0 Å². The van der Waals surface area contributed by atoms with Crippen LogP contribution in [0.25, 0.3) is 92.7 Å². The van der Waals surface area contributed by atoms with E-state index >= 15 is 0 Å². The van der Waals surface area contributed by atoms with E-state index in [1.165, 1.54) is 0 Å². The fourth-order valence-corrected chi connectivity index (χ4v) is 6.52. The van der Waals surface area contributed by atoms with Crippen LogP contribution in [0.3, 0.4) is 0 Å². The highest BCUT2D eigenvalue weighted by molar-refractivity contribution is 6.06. The van der Waals surface area contributed by atoms with Crippen molar-refractivity contribution in [2.24, 2.45) is 0 Å². The Kier molecular flexibility index (Phi) is 6.68. The van der Waals surface area contributed by atoms with Gasteiger partial charge in [-0.15, -0.1) is 0 Å². The summed E-state index contributed by atoms with van der Waals surface area (Å²) >= 11 is 0. The molecular weight excluding hydrogens is 649 g/mol. The van der Waals surface area contributed by atoms with Gasteiger partial charge in [0.05, 0.1) is 68.0 Å². The van der Waals surface area contributed by atoms with E-state index in [0.29, 0.717) is 22.4 Å². The first-order valence-corrected chi connectivity index (χ1v) is 16.7. The van der Waals surface area contributed by atoms with Crippen LogP contribution in [-0.4, -0.2) is 45.9 Å². The van der Waals surface area contributed by atoms with Gasteiger partial charge < -0.3 is 30.6 Å². The molecule has 4 aliphatic heterocycles. The zero-order valence-electron chi connectivity index (χ0n) is 27.4. The third kappa shape index (κ3) is 5.98. The molecule has 52 heavy (non-hydrogen) atoms. The molecule has 0 saturated carbocycles. The monoisotopic (exact) mass is 676 g/mol. The number of anilines is 2. The predicted molar refractivity (Wildman–Crippen MR) is 210 cm³/mol. The molecule has 0 radical (unpaired) electrons. The van der Waals surface area contributed by atoms with Crippen molar-refractivity contribution >= 4 is 110 Å². The number of hydrogen-bond acceptors (Lipinski definition) is 5. The lowest BCUT2D eigenvalue weighted by Gasteiger charge is -2.05. The number of aromatic amines is 4. The molecule has 10 heterocycles. The first kappa shape index (κ1) is 29.4. The first-order valence-electron chi connectivity index (χ1n) is 16.7. The minimum absolute atomic E-state index is 0.414. The standard InChI is InChI=1S/C41H28N10O/c52-41(50-39-21-35-17-31-7-5-27(44-31)13-23-1-3-25(42-23)15-29-9-11-33(46-29)19-37(39)48-35)51-40-22-36-18-32-8-6-28(45-32)14-24-2-4-26(43-24)16-30-10-12-34(47-30)20-38(40)49-36/h1-22,42-43,48-49H,(H2,50,51,52). The Balaban J connectivity index is 1.05. The van der Waals surface area contributed by atoms with Crippen molar-refractivity contribution in [3.8, 4) is 0 Å². The molecule has 10 rings (SSSR count). The summed E-state index contributed by atoms with van der Waals surface area (Å²) in [4.78, 5) is 46.5. The second kappa shape index (κ2) is 11.8. The van der Waals surface area contributed by atoms with Gasteiger partial charge in [-0.3, -0.25) is 0 Å². The van der Waals surface area contributed by atoms with Gasteiger partial charge >= 0.3 is 6.03 Å². The van der Waals surface area contributed by atoms with E-state index in [-0.39, 0.29) is 0 Å². The molecule has 2 amide bonds. The van der Waals surface area contributed by atoms with Crippen molar-refractivity contribution in [2.45, 2.75) is 0 Å². The van der Waals surface area contributed by atoms with E-state index in [4.69, 9.17) is 19.9 Å². The number of hydrogen-bond donors (Lipinski definition) is 6. The van der Waals surface area contributed by atoms with Crippen LogP contribution in [0.5, 0.6) is 0 Å². The molecule has 11 nitrogen and oxygen atoms in total. The summed E-state index contributed by atoms with van der Waals surface area (Å²) in [6.45, 7) is 0. The average molecular weight is 677 g/mol. The molecule has 6 aromatic rings. The molecule has 0 atom stereocenters. The summed E-state index contributed by atoms with van der Waals surface area (Å²) in [5.41, 5.74) is 14.3. The van der Waals surface area contributed by atoms with Crippen LogP contribution >= 0.6 is 0 Å². The highest BCUT2D eigenvalue weighted by atomic mass is 16.2. The number of nitrogens with one attached hydrogen (secondary N) is 6. The zero-order chi connectivity index (χ0) is 34.6. The van der Waals surface area contributed by atoms with Crippen molar-refractivity contribution in [3.05, 3.63) is 130 Å². The Hall–Kier alpha value is -7.53. The maximum absolute atomic E-state index is 13.7. The first-order chi connectivity index (χ1) is 25.5. The molecular formula is C41H28N10O. The lowest BCUT2D eigenvalue weighted by atomic mass is 10.3. The van der Waals surface area contributed by atoms with Crippen molar-refractivity contribution < 1.29 is 4.79 Å². The fourth-order valence-electron chi connectivity index (χ4n) is 6.52. The Morgan fingerprint density at radius 2 is 0.654 bits per heavy atom. The summed E-state index contributed by atoms with van der Waals surface area (Å²) in [6, 6.07) is 27.1. The molecule has 6 N–H and O–H groups in total. The molecule has 6 aromatic heterocycles. The number of amides is 2. The molecule has 0 fully saturated rings. The van der Waals surface area contributed by atoms with E-state index in [2.05, 4.69) is 30.6 Å². The minimum Gasteiger partial charge on any atom is -0.355 e. The van der Waals surface area contributed by atoms with Crippen LogP contribution in [0.4, 0.5) is 16.2 Å². The van der Waals surface area contributed by atoms with Crippen molar-refractivity contribution in [3.63, 3.8) is 0 Å². The SMILES string of the molecule is O=C(Nc1cc2cc3nc(cc4ccc(cc5nc(cc1[nH]2)C=C5)[nH]4)C=C3)Nc1cc2cc3nc(cc4ccc(cc5nc(cc1[nH]2)C=C5)[nH]4)C=C3. The van der Waals surface area contributed by atoms with Crippen LogP contribution in [0.15, 0.2) is 84.9 Å². The number of aromatic nitrogens is 8. The number of H-pyrrole nitrogens is 4. The van der Waals surface area contributed by atoms with Gasteiger partial charge in [-0.05, 0) is 134 Å². The lowest BCUT2D eigenvalue weighted by molar-refractivity contribution is 0.262. The Labute approximate surface area is 295 Å². The average Bonchev–Trinajstić information content (AvgIpc) is 3.95. The molecule has 0 aliphatic carbocycles. The lowest BCUT2D eigenvalue weighted by Crippen LogP contribution is -2.19. The van der Waals surface area contributed by atoms with Crippen LogP contribution in [0.1, 0.15) is 45.6 Å². The van der Waals surface area contributed by atoms with Crippen molar-refractivity contribution in [1.29, 1.82) is 0 Å². The van der Waals surface area contributed by atoms with E-state index < -0.39 is 6.03 Å². The van der Waals surface area contributed by atoms with Crippen LogP contribution in [-0.2, 0) is 0 Å². The van der Waals surface area contributed by atoms with E-state index in [1.54, 1.807) is 0 Å². The summed E-state index contributed by atoms with van der Waals surface area (Å²) in [6.07, 6.45) is 15.7. The molecule has 4 aliphatic rings. The van der Waals surface area contributed by atoms with Gasteiger partial charge in [0.15, 0.2) is 0 Å². The number of fused-ring (bicyclic) bond motifs is 16. The molecule has 0 aromatic carbocycles. The largest absolute Gasteiger partial charge is 0.355 e. The third-order valence-corrected chi connectivity index (χ3v) is 8.83. The van der Waals surface area contributed by atoms with Crippen molar-refractivity contribution in [1.82, 2.24) is 39.9 Å². The molecule has 0 unspecified atom stereocenters. The van der Waals surface area contributed by atoms with Crippen molar-refractivity contribution in [2.75, 3.05) is 10.6 Å².